The maximum atomic E-state index is 12.1. The van der Waals surface area contributed by atoms with Crippen molar-refractivity contribution in [1.29, 1.82) is 0 Å². The molecule has 0 saturated heterocycles. The van der Waals surface area contributed by atoms with Crippen molar-refractivity contribution >= 4 is 28.9 Å². The third-order valence-corrected chi connectivity index (χ3v) is 2.99. The number of amides is 1. The van der Waals surface area contributed by atoms with Crippen LogP contribution in [0.2, 0.25) is 5.02 Å². The van der Waals surface area contributed by atoms with Gasteiger partial charge >= 0.3 is 0 Å². The summed E-state index contributed by atoms with van der Waals surface area (Å²) in [7, 11) is 0. The number of nitrogens with zero attached hydrogens (tertiary/aromatic N) is 2. The van der Waals surface area contributed by atoms with Crippen LogP contribution in [-0.2, 0) is 0 Å². The molecule has 1 aromatic heterocycles. The zero-order valence-electron chi connectivity index (χ0n) is 10.5. The van der Waals surface area contributed by atoms with Gasteiger partial charge in [0, 0.05) is 30.2 Å². The normalized spacial score (nSPS) is 10.1. The van der Waals surface area contributed by atoms with E-state index >= 15 is 0 Å². The van der Waals surface area contributed by atoms with Crippen LogP contribution in [0, 0.1) is 17.0 Å². The van der Waals surface area contributed by atoms with E-state index in [4.69, 9.17) is 11.6 Å². The third kappa shape index (κ3) is 2.92. The highest BCUT2D eigenvalue weighted by atomic mass is 35.5. The molecule has 7 heteroatoms. The SMILES string of the molecule is Cc1cnccc1NC(=O)c1ccc([N+](=O)[O-])cc1Cl. The van der Waals surface area contributed by atoms with Crippen LogP contribution < -0.4 is 5.32 Å². The Hall–Kier alpha value is -2.47. The van der Waals surface area contributed by atoms with Gasteiger partial charge in [-0.15, -0.1) is 0 Å². The van der Waals surface area contributed by atoms with Crippen molar-refractivity contribution in [3.63, 3.8) is 0 Å². The smallest absolute Gasteiger partial charge is 0.270 e. The highest BCUT2D eigenvalue weighted by Crippen LogP contribution is 2.23. The summed E-state index contributed by atoms with van der Waals surface area (Å²) in [6.45, 7) is 1.81. The lowest BCUT2D eigenvalue weighted by Gasteiger charge is -2.08. The van der Waals surface area contributed by atoms with Crippen molar-refractivity contribution in [2.24, 2.45) is 0 Å². The van der Waals surface area contributed by atoms with Gasteiger partial charge in [0.1, 0.15) is 0 Å². The number of anilines is 1. The second-order valence-electron chi connectivity index (χ2n) is 4.07. The summed E-state index contributed by atoms with van der Waals surface area (Å²) in [5, 5.41) is 13.3. The van der Waals surface area contributed by atoms with Crippen LogP contribution >= 0.6 is 11.6 Å². The number of nitro groups is 1. The molecule has 0 atom stereocenters. The second-order valence-corrected chi connectivity index (χ2v) is 4.47. The van der Waals surface area contributed by atoms with Crippen molar-refractivity contribution < 1.29 is 9.72 Å². The van der Waals surface area contributed by atoms with Crippen molar-refractivity contribution in [2.45, 2.75) is 6.92 Å². The Balaban J connectivity index is 2.26. The lowest BCUT2D eigenvalue weighted by molar-refractivity contribution is -0.384. The Bertz CT molecular complexity index is 688. The molecule has 0 spiro atoms. The molecule has 0 radical (unpaired) electrons. The van der Waals surface area contributed by atoms with E-state index in [-0.39, 0.29) is 16.3 Å². The molecule has 20 heavy (non-hydrogen) atoms. The summed E-state index contributed by atoms with van der Waals surface area (Å²) in [5.74, 6) is -0.431. The summed E-state index contributed by atoms with van der Waals surface area (Å²) in [6.07, 6.45) is 3.17. The first-order valence-corrected chi connectivity index (χ1v) is 6.02. The van der Waals surface area contributed by atoms with Gasteiger partial charge in [-0.2, -0.15) is 0 Å². The number of aromatic nitrogens is 1. The molecule has 0 saturated carbocycles. The van der Waals surface area contributed by atoms with Crippen molar-refractivity contribution in [3.8, 4) is 0 Å². The number of carbonyl (C=O) groups excluding carboxylic acids is 1. The predicted molar refractivity (Wildman–Crippen MR) is 75.0 cm³/mol. The number of nitrogens with one attached hydrogen (secondary N) is 1. The number of hydrogen-bond acceptors (Lipinski definition) is 4. The van der Waals surface area contributed by atoms with Gasteiger partial charge in [0.15, 0.2) is 0 Å². The molecule has 6 nitrogen and oxygen atoms in total. The Morgan fingerprint density at radius 1 is 1.40 bits per heavy atom. The van der Waals surface area contributed by atoms with E-state index in [1.807, 2.05) is 0 Å². The van der Waals surface area contributed by atoms with E-state index < -0.39 is 10.8 Å². The lowest BCUT2D eigenvalue weighted by atomic mass is 10.1. The van der Waals surface area contributed by atoms with Crippen LogP contribution in [0.25, 0.3) is 0 Å². The van der Waals surface area contributed by atoms with E-state index in [2.05, 4.69) is 10.3 Å². The summed E-state index contributed by atoms with van der Waals surface area (Å²) in [5.41, 5.74) is 1.43. The number of carbonyl (C=O) groups is 1. The average molecular weight is 292 g/mol. The van der Waals surface area contributed by atoms with Gasteiger partial charge in [-0.3, -0.25) is 19.9 Å². The maximum absolute atomic E-state index is 12.1. The fraction of sp³-hybridized carbons (Fsp3) is 0.0769. The quantitative estimate of drug-likeness (QED) is 0.695. The summed E-state index contributed by atoms with van der Waals surface area (Å²) in [6, 6.07) is 5.37. The number of halogens is 1. The van der Waals surface area contributed by atoms with E-state index in [9.17, 15) is 14.9 Å². The fourth-order valence-corrected chi connectivity index (χ4v) is 1.87. The second kappa shape index (κ2) is 5.66. The summed E-state index contributed by atoms with van der Waals surface area (Å²) < 4.78 is 0. The predicted octanol–water partition coefficient (Wildman–Crippen LogP) is 3.20. The lowest BCUT2D eigenvalue weighted by Crippen LogP contribution is -2.13. The molecule has 0 aliphatic rings. The van der Waals surface area contributed by atoms with Crippen LogP contribution in [0.5, 0.6) is 0 Å². The number of pyridine rings is 1. The van der Waals surface area contributed by atoms with E-state index in [1.54, 1.807) is 25.4 Å². The maximum Gasteiger partial charge on any atom is 0.270 e. The third-order valence-electron chi connectivity index (χ3n) is 2.68. The topological polar surface area (TPSA) is 85.1 Å². The average Bonchev–Trinajstić information content (AvgIpc) is 2.41. The molecule has 1 heterocycles. The minimum Gasteiger partial charge on any atom is -0.322 e. The molecule has 1 amide bonds. The van der Waals surface area contributed by atoms with Crippen molar-refractivity contribution in [3.05, 3.63) is 62.9 Å². The van der Waals surface area contributed by atoms with Gasteiger partial charge < -0.3 is 5.32 Å². The first-order chi connectivity index (χ1) is 9.49. The van der Waals surface area contributed by atoms with Gasteiger partial charge in [0.2, 0.25) is 0 Å². The molecule has 0 aliphatic carbocycles. The van der Waals surface area contributed by atoms with E-state index in [0.717, 1.165) is 11.6 Å². The monoisotopic (exact) mass is 291 g/mol. The molecule has 1 N–H and O–H groups in total. The van der Waals surface area contributed by atoms with Gasteiger partial charge in [-0.05, 0) is 24.6 Å². The molecule has 1 aromatic carbocycles. The molecule has 2 aromatic rings. The standard InChI is InChI=1S/C13H10ClN3O3/c1-8-7-15-5-4-12(8)16-13(18)10-3-2-9(17(19)20)6-11(10)14/h2-7H,1H3,(H,15,16,18). The number of aryl methyl sites for hydroxylation is 1. The first kappa shape index (κ1) is 14.0. The molecular weight excluding hydrogens is 282 g/mol. The molecule has 0 aliphatic heterocycles. The zero-order chi connectivity index (χ0) is 14.7. The Kier molecular flexibility index (Phi) is 3.95. The number of nitro benzene ring substituents is 1. The van der Waals surface area contributed by atoms with Crippen LogP contribution in [0.4, 0.5) is 11.4 Å². The molecule has 0 bridgehead atoms. The Morgan fingerprint density at radius 3 is 2.75 bits per heavy atom. The molecule has 0 unspecified atom stereocenters. The molecule has 2 rings (SSSR count). The van der Waals surface area contributed by atoms with Crippen LogP contribution in [0.1, 0.15) is 15.9 Å². The van der Waals surface area contributed by atoms with Crippen molar-refractivity contribution in [1.82, 2.24) is 4.98 Å². The number of rotatable bonds is 3. The van der Waals surface area contributed by atoms with Crippen LogP contribution in [-0.4, -0.2) is 15.8 Å². The zero-order valence-corrected chi connectivity index (χ0v) is 11.2. The fourth-order valence-electron chi connectivity index (χ4n) is 1.61. The molecule has 0 fully saturated rings. The van der Waals surface area contributed by atoms with Gasteiger partial charge in [-0.1, -0.05) is 11.6 Å². The van der Waals surface area contributed by atoms with E-state index in [1.165, 1.54) is 12.1 Å². The van der Waals surface area contributed by atoms with Gasteiger partial charge in [-0.25, -0.2) is 0 Å². The minimum absolute atomic E-state index is 0.0309. The molecule has 102 valence electrons. The van der Waals surface area contributed by atoms with Crippen molar-refractivity contribution in [2.75, 3.05) is 5.32 Å². The van der Waals surface area contributed by atoms with Crippen LogP contribution in [0.3, 0.4) is 0 Å². The number of benzene rings is 1. The first-order valence-electron chi connectivity index (χ1n) is 5.65. The Morgan fingerprint density at radius 2 is 2.15 bits per heavy atom. The van der Waals surface area contributed by atoms with Gasteiger partial charge in [0.05, 0.1) is 15.5 Å². The Labute approximate surface area is 119 Å². The van der Waals surface area contributed by atoms with Crippen LogP contribution in [0.15, 0.2) is 36.7 Å². The van der Waals surface area contributed by atoms with Gasteiger partial charge in [0.25, 0.3) is 11.6 Å². The number of hydrogen-bond donors (Lipinski definition) is 1. The highest BCUT2D eigenvalue weighted by Gasteiger charge is 2.15. The highest BCUT2D eigenvalue weighted by molar-refractivity contribution is 6.34. The molecular formula is C13H10ClN3O3. The number of non-ortho nitro benzene ring substituents is 1. The van der Waals surface area contributed by atoms with E-state index in [0.29, 0.717) is 5.69 Å². The summed E-state index contributed by atoms with van der Waals surface area (Å²) >= 11 is 5.90. The summed E-state index contributed by atoms with van der Waals surface area (Å²) in [4.78, 5) is 26.0. The minimum atomic E-state index is -0.569. The largest absolute Gasteiger partial charge is 0.322 e.